The van der Waals surface area contributed by atoms with Gasteiger partial charge in [-0.3, -0.25) is 0 Å². The van der Waals surface area contributed by atoms with Crippen LogP contribution in [0.1, 0.15) is 25.7 Å². The standard InChI is InChI=1S/C8H12Cl2O/c9-5-1-3-7-8(11-7)4-2-6(5)10/h5-8H,1-4H2/t5-,6-,7-,8+/m1/s1. The smallest absolute Gasteiger partial charge is 0.0842 e. The molecule has 2 rings (SSSR count). The lowest BCUT2D eigenvalue weighted by molar-refractivity contribution is 0.358. The van der Waals surface area contributed by atoms with E-state index in [1.807, 2.05) is 0 Å². The second-order valence-electron chi connectivity index (χ2n) is 3.40. The largest absolute Gasteiger partial charge is 0.370 e. The van der Waals surface area contributed by atoms with Crippen molar-refractivity contribution < 1.29 is 4.74 Å². The molecule has 2 aliphatic rings. The molecule has 1 saturated carbocycles. The number of fused-ring (bicyclic) bond motifs is 1. The molecule has 1 heterocycles. The summed E-state index contributed by atoms with van der Waals surface area (Å²) in [6, 6.07) is 0. The Hall–Kier alpha value is 0.540. The molecule has 2 fully saturated rings. The maximum Gasteiger partial charge on any atom is 0.0842 e. The molecule has 3 heteroatoms. The van der Waals surface area contributed by atoms with Gasteiger partial charge >= 0.3 is 0 Å². The average Bonchev–Trinajstić information content (AvgIpc) is 2.72. The van der Waals surface area contributed by atoms with Crippen LogP contribution in [0, 0.1) is 0 Å². The second-order valence-corrected chi connectivity index (χ2v) is 4.52. The molecular weight excluding hydrogens is 183 g/mol. The molecule has 0 aromatic rings. The van der Waals surface area contributed by atoms with Crippen LogP contribution < -0.4 is 0 Å². The van der Waals surface area contributed by atoms with Gasteiger partial charge in [0.2, 0.25) is 0 Å². The van der Waals surface area contributed by atoms with Crippen molar-refractivity contribution in [2.24, 2.45) is 0 Å². The molecule has 64 valence electrons. The van der Waals surface area contributed by atoms with E-state index in [-0.39, 0.29) is 10.8 Å². The molecule has 0 N–H and O–H groups in total. The third-order valence-electron chi connectivity index (χ3n) is 2.53. The van der Waals surface area contributed by atoms with Gasteiger partial charge in [-0.1, -0.05) is 0 Å². The van der Waals surface area contributed by atoms with Crippen LogP contribution in [-0.4, -0.2) is 23.0 Å². The van der Waals surface area contributed by atoms with E-state index in [2.05, 4.69) is 0 Å². The Morgan fingerprint density at radius 3 is 1.73 bits per heavy atom. The van der Waals surface area contributed by atoms with Crippen LogP contribution in [0.2, 0.25) is 0 Å². The summed E-state index contributed by atoms with van der Waals surface area (Å²) in [4.78, 5) is 0. The maximum atomic E-state index is 6.04. The Bertz CT molecular complexity index is 135. The number of alkyl halides is 2. The monoisotopic (exact) mass is 194 g/mol. The number of ether oxygens (including phenoxy) is 1. The first-order valence-corrected chi connectivity index (χ1v) is 5.08. The van der Waals surface area contributed by atoms with Gasteiger partial charge in [0, 0.05) is 0 Å². The number of hydrogen-bond donors (Lipinski definition) is 0. The Kier molecular flexibility index (Phi) is 2.31. The predicted molar refractivity (Wildman–Crippen MR) is 46.4 cm³/mol. The van der Waals surface area contributed by atoms with Crippen molar-refractivity contribution in [2.45, 2.75) is 48.6 Å². The summed E-state index contributed by atoms with van der Waals surface area (Å²) in [6.07, 6.45) is 5.25. The fourth-order valence-electron chi connectivity index (χ4n) is 1.70. The molecule has 0 radical (unpaired) electrons. The van der Waals surface area contributed by atoms with Gasteiger partial charge in [-0.15, -0.1) is 23.2 Å². The minimum absolute atomic E-state index is 0.154. The van der Waals surface area contributed by atoms with E-state index in [1.54, 1.807) is 0 Å². The molecule has 0 bridgehead atoms. The minimum Gasteiger partial charge on any atom is -0.370 e. The van der Waals surface area contributed by atoms with E-state index < -0.39 is 0 Å². The average molecular weight is 195 g/mol. The van der Waals surface area contributed by atoms with Crippen molar-refractivity contribution in [3.05, 3.63) is 0 Å². The molecule has 4 atom stereocenters. The first kappa shape index (κ1) is 8.15. The summed E-state index contributed by atoms with van der Waals surface area (Å²) in [5.41, 5.74) is 0. The number of hydrogen-bond acceptors (Lipinski definition) is 1. The number of halogens is 2. The lowest BCUT2D eigenvalue weighted by atomic mass is 10.0. The molecule has 0 aromatic heterocycles. The topological polar surface area (TPSA) is 12.5 Å². The molecule has 1 nitrogen and oxygen atoms in total. The van der Waals surface area contributed by atoms with Gasteiger partial charge in [-0.25, -0.2) is 0 Å². The van der Waals surface area contributed by atoms with Gasteiger partial charge in [-0.05, 0) is 25.7 Å². The van der Waals surface area contributed by atoms with Gasteiger partial charge in [0.1, 0.15) is 0 Å². The third kappa shape index (κ3) is 1.82. The summed E-state index contributed by atoms with van der Waals surface area (Å²) in [5, 5.41) is 0.309. The molecular formula is C8H12Cl2O. The Morgan fingerprint density at radius 1 is 0.818 bits per heavy atom. The highest BCUT2D eigenvalue weighted by molar-refractivity contribution is 6.29. The quantitative estimate of drug-likeness (QED) is 0.427. The van der Waals surface area contributed by atoms with Crippen LogP contribution in [0.15, 0.2) is 0 Å². The molecule has 1 aliphatic carbocycles. The van der Waals surface area contributed by atoms with E-state index in [9.17, 15) is 0 Å². The third-order valence-corrected chi connectivity index (χ3v) is 3.71. The van der Waals surface area contributed by atoms with E-state index in [4.69, 9.17) is 27.9 Å². The molecule has 1 saturated heterocycles. The van der Waals surface area contributed by atoms with Gasteiger partial charge in [0.05, 0.1) is 23.0 Å². The zero-order valence-electron chi connectivity index (χ0n) is 6.30. The Morgan fingerprint density at radius 2 is 1.27 bits per heavy atom. The molecule has 0 amide bonds. The van der Waals surface area contributed by atoms with Crippen LogP contribution in [-0.2, 0) is 4.74 Å². The van der Waals surface area contributed by atoms with Gasteiger partial charge in [0.25, 0.3) is 0 Å². The SMILES string of the molecule is Cl[C@@H]1CC[C@@H]2O[C@@H]2CC[C@H]1Cl. The molecule has 0 unspecified atom stereocenters. The lowest BCUT2D eigenvalue weighted by Gasteiger charge is -2.16. The highest BCUT2D eigenvalue weighted by atomic mass is 35.5. The summed E-state index contributed by atoms with van der Waals surface area (Å²) in [5.74, 6) is 0. The summed E-state index contributed by atoms with van der Waals surface area (Å²) < 4.78 is 5.42. The van der Waals surface area contributed by atoms with Crippen LogP contribution in [0.4, 0.5) is 0 Å². The van der Waals surface area contributed by atoms with Crippen molar-refractivity contribution in [3.63, 3.8) is 0 Å². The number of rotatable bonds is 0. The second kappa shape index (κ2) is 3.12. The summed E-state index contributed by atoms with van der Waals surface area (Å²) in [6.45, 7) is 0. The van der Waals surface area contributed by atoms with Crippen LogP contribution in [0.25, 0.3) is 0 Å². The Labute approximate surface area is 77.0 Å². The van der Waals surface area contributed by atoms with E-state index in [0.717, 1.165) is 25.7 Å². The summed E-state index contributed by atoms with van der Waals surface area (Å²) in [7, 11) is 0. The molecule has 1 aliphatic heterocycles. The van der Waals surface area contributed by atoms with Gasteiger partial charge < -0.3 is 4.74 Å². The first-order valence-electron chi connectivity index (χ1n) is 4.21. The fourth-order valence-corrected chi connectivity index (χ4v) is 2.20. The van der Waals surface area contributed by atoms with Crippen LogP contribution >= 0.6 is 23.2 Å². The van der Waals surface area contributed by atoms with Crippen molar-refractivity contribution in [2.75, 3.05) is 0 Å². The van der Waals surface area contributed by atoms with Gasteiger partial charge in [0.15, 0.2) is 0 Å². The van der Waals surface area contributed by atoms with Crippen molar-refractivity contribution in [1.82, 2.24) is 0 Å². The van der Waals surface area contributed by atoms with Crippen molar-refractivity contribution >= 4 is 23.2 Å². The molecule has 0 spiro atoms. The lowest BCUT2D eigenvalue weighted by Crippen LogP contribution is -2.19. The van der Waals surface area contributed by atoms with Crippen molar-refractivity contribution in [3.8, 4) is 0 Å². The van der Waals surface area contributed by atoms with E-state index in [0.29, 0.717) is 12.2 Å². The fraction of sp³-hybridized carbons (Fsp3) is 1.00. The predicted octanol–water partition coefficient (Wildman–Crippen LogP) is 2.54. The van der Waals surface area contributed by atoms with E-state index in [1.165, 1.54) is 0 Å². The minimum atomic E-state index is 0.154. The van der Waals surface area contributed by atoms with Crippen LogP contribution in [0.3, 0.4) is 0 Å². The van der Waals surface area contributed by atoms with Crippen molar-refractivity contribution in [1.29, 1.82) is 0 Å². The number of epoxide rings is 1. The Balaban J connectivity index is 1.89. The molecule has 0 aromatic carbocycles. The van der Waals surface area contributed by atoms with Crippen LogP contribution in [0.5, 0.6) is 0 Å². The zero-order chi connectivity index (χ0) is 7.84. The summed E-state index contributed by atoms with van der Waals surface area (Å²) >= 11 is 12.1. The first-order chi connectivity index (χ1) is 5.27. The van der Waals surface area contributed by atoms with E-state index >= 15 is 0 Å². The normalized spacial score (nSPS) is 50.7. The highest BCUT2D eigenvalue weighted by Crippen LogP contribution is 2.36. The maximum absolute atomic E-state index is 6.04. The highest BCUT2D eigenvalue weighted by Gasteiger charge is 2.40. The van der Waals surface area contributed by atoms with Gasteiger partial charge in [-0.2, -0.15) is 0 Å². The zero-order valence-corrected chi connectivity index (χ0v) is 7.81. The molecule has 11 heavy (non-hydrogen) atoms.